The number of aromatic nitrogens is 2. The first-order valence-electron chi connectivity index (χ1n) is 8.36. The summed E-state index contributed by atoms with van der Waals surface area (Å²) >= 11 is 0. The van der Waals surface area contributed by atoms with Crippen molar-refractivity contribution in [3.63, 3.8) is 0 Å². The van der Waals surface area contributed by atoms with Crippen molar-refractivity contribution in [2.75, 3.05) is 19.5 Å². The lowest BCUT2D eigenvalue weighted by atomic mass is 10.0. The Balaban J connectivity index is 1.81. The molecule has 138 valence electrons. The minimum Gasteiger partial charge on any atom is -0.497 e. The molecule has 1 atom stereocenters. The molecule has 0 fully saturated rings. The summed E-state index contributed by atoms with van der Waals surface area (Å²) in [5.41, 5.74) is 3.40. The Hall–Kier alpha value is -3.37. The van der Waals surface area contributed by atoms with E-state index in [2.05, 4.69) is 21.5 Å². The average Bonchev–Trinajstić information content (AvgIpc) is 3.13. The van der Waals surface area contributed by atoms with Crippen molar-refractivity contribution in [1.82, 2.24) is 10.1 Å². The Kier molecular flexibility index (Phi) is 5.69. The molecule has 1 N–H and O–H groups in total. The standard InChI is InChI=1S/C20H20N4O3/c1-13-22-20(24-27-13)15-4-6-17(7-5-15)23-19(11-21)16-8-14(12-25-2)9-18(10-16)26-3/h4-10,19,23H,12H2,1-3H3. The van der Waals surface area contributed by atoms with Crippen LogP contribution in [0.2, 0.25) is 0 Å². The minimum absolute atomic E-state index is 0.446. The number of aryl methyl sites for hydroxylation is 1. The van der Waals surface area contributed by atoms with Gasteiger partial charge in [-0.3, -0.25) is 0 Å². The summed E-state index contributed by atoms with van der Waals surface area (Å²) in [4.78, 5) is 4.21. The highest BCUT2D eigenvalue weighted by Gasteiger charge is 2.14. The molecule has 2 aromatic carbocycles. The molecule has 0 bridgehead atoms. The van der Waals surface area contributed by atoms with Crippen LogP contribution in [0.4, 0.5) is 5.69 Å². The number of benzene rings is 2. The van der Waals surface area contributed by atoms with Gasteiger partial charge in [0.25, 0.3) is 0 Å². The average molecular weight is 364 g/mol. The smallest absolute Gasteiger partial charge is 0.223 e. The number of ether oxygens (including phenoxy) is 2. The molecule has 0 amide bonds. The summed E-state index contributed by atoms with van der Waals surface area (Å²) in [7, 11) is 3.23. The van der Waals surface area contributed by atoms with Crippen molar-refractivity contribution >= 4 is 5.69 Å². The Morgan fingerprint density at radius 2 is 1.96 bits per heavy atom. The molecule has 0 aliphatic carbocycles. The third-order valence-electron chi connectivity index (χ3n) is 3.98. The number of methoxy groups -OCH3 is 2. The number of rotatable bonds is 7. The van der Waals surface area contributed by atoms with Crippen LogP contribution in [0.25, 0.3) is 11.4 Å². The van der Waals surface area contributed by atoms with Gasteiger partial charge in [-0.25, -0.2) is 0 Å². The van der Waals surface area contributed by atoms with Crippen molar-refractivity contribution in [3.8, 4) is 23.2 Å². The lowest BCUT2D eigenvalue weighted by molar-refractivity contribution is 0.184. The molecule has 0 aliphatic heterocycles. The molecule has 27 heavy (non-hydrogen) atoms. The van der Waals surface area contributed by atoms with Gasteiger partial charge < -0.3 is 19.3 Å². The topological polar surface area (TPSA) is 93.2 Å². The Labute approximate surface area is 157 Å². The van der Waals surface area contributed by atoms with Crippen molar-refractivity contribution in [2.24, 2.45) is 0 Å². The molecule has 3 rings (SSSR count). The summed E-state index contributed by atoms with van der Waals surface area (Å²) in [6.45, 7) is 2.19. The SMILES string of the molecule is COCc1cc(OC)cc(C(C#N)Nc2ccc(-c3noc(C)n3)cc2)c1. The van der Waals surface area contributed by atoms with Gasteiger partial charge in [0.05, 0.1) is 19.8 Å². The van der Waals surface area contributed by atoms with E-state index in [-0.39, 0.29) is 0 Å². The lowest BCUT2D eigenvalue weighted by Gasteiger charge is -2.16. The van der Waals surface area contributed by atoms with Gasteiger partial charge in [-0.2, -0.15) is 10.2 Å². The molecular formula is C20H20N4O3. The molecule has 1 unspecified atom stereocenters. The quantitative estimate of drug-likeness (QED) is 0.680. The lowest BCUT2D eigenvalue weighted by Crippen LogP contribution is -2.09. The Morgan fingerprint density at radius 3 is 2.56 bits per heavy atom. The van der Waals surface area contributed by atoms with E-state index in [4.69, 9.17) is 14.0 Å². The zero-order valence-electron chi connectivity index (χ0n) is 15.4. The van der Waals surface area contributed by atoms with Gasteiger partial charge in [-0.1, -0.05) is 11.2 Å². The first kappa shape index (κ1) is 18.4. The maximum absolute atomic E-state index is 9.64. The predicted molar refractivity (Wildman–Crippen MR) is 100 cm³/mol. The fourth-order valence-corrected chi connectivity index (χ4v) is 2.71. The van der Waals surface area contributed by atoms with Crippen LogP contribution in [0.3, 0.4) is 0 Å². The van der Waals surface area contributed by atoms with Gasteiger partial charge in [-0.15, -0.1) is 0 Å². The third-order valence-corrected chi connectivity index (χ3v) is 3.98. The second-order valence-electron chi connectivity index (χ2n) is 5.97. The molecule has 0 spiro atoms. The van der Waals surface area contributed by atoms with Gasteiger partial charge in [0.2, 0.25) is 11.7 Å². The number of nitrogens with zero attached hydrogens (tertiary/aromatic N) is 3. The summed E-state index contributed by atoms with van der Waals surface area (Å²) in [5.74, 6) is 1.74. The zero-order chi connectivity index (χ0) is 19.2. The number of hydrogen-bond acceptors (Lipinski definition) is 7. The van der Waals surface area contributed by atoms with Crippen molar-refractivity contribution in [1.29, 1.82) is 5.26 Å². The van der Waals surface area contributed by atoms with Crippen LogP contribution >= 0.6 is 0 Å². The van der Waals surface area contributed by atoms with Gasteiger partial charge in [0.1, 0.15) is 11.8 Å². The largest absolute Gasteiger partial charge is 0.497 e. The maximum atomic E-state index is 9.64. The number of nitrogens with one attached hydrogen (secondary N) is 1. The predicted octanol–water partition coefficient (Wildman–Crippen LogP) is 3.88. The highest BCUT2D eigenvalue weighted by molar-refractivity contribution is 5.60. The van der Waals surface area contributed by atoms with E-state index in [1.54, 1.807) is 21.1 Å². The first-order chi connectivity index (χ1) is 13.1. The summed E-state index contributed by atoms with van der Waals surface area (Å²) in [6, 6.07) is 14.9. The summed E-state index contributed by atoms with van der Waals surface area (Å²) in [6.07, 6.45) is 0. The van der Waals surface area contributed by atoms with Gasteiger partial charge >= 0.3 is 0 Å². The normalized spacial score (nSPS) is 11.6. The van der Waals surface area contributed by atoms with Crippen LogP contribution in [0.5, 0.6) is 5.75 Å². The second-order valence-corrected chi connectivity index (χ2v) is 5.97. The first-order valence-corrected chi connectivity index (χ1v) is 8.36. The van der Waals surface area contributed by atoms with E-state index < -0.39 is 6.04 Å². The van der Waals surface area contributed by atoms with Crippen LogP contribution in [-0.2, 0) is 11.3 Å². The van der Waals surface area contributed by atoms with Crippen LogP contribution in [0, 0.1) is 18.3 Å². The number of hydrogen-bond donors (Lipinski definition) is 1. The Morgan fingerprint density at radius 1 is 1.19 bits per heavy atom. The molecule has 0 radical (unpaired) electrons. The van der Waals surface area contributed by atoms with Crippen LogP contribution < -0.4 is 10.1 Å². The fourth-order valence-electron chi connectivity index (χ4n) is 2.71. The minimum atomic E-state index is -0.533. The van der Waals surface area contributed by atoms with Crippen LogP contribution in [0.15, 0.2) is 47.0 Å². The maximum Gasteiger partial charge on any atom is 0.223 e. The molecule has 3 aromatic rings. The van der Waals surface area contributed by atoms with Gasteiger partial charge in [0, 0.05) is 25.3 Å². The van der Waals surface area contributed by atoms with E-state index in [1.165, 1.54) is 0 Å². The molecule has 0 aliphatic rings. The van der Waals surface area contributed by atoms with Gasteiger partial charge in [-0.05, 0) is 47.5 Å². The fraction of sp³-hybridized carbons (Fsp3) is 0.250. The second kappa shape index (κ2) is 8.34. The molecule has 1 aromatic heterocycles. The Bertz CT molecular complexity index is 945. The molecule has 0 saturated heterocycles. The van der Waals surface area contributed by atoms with Crippen molar-refractivity contribution < 1.29 is 14.0 Å². The van der Waals surface area contributed by atoms with E-state index in [1.807, 2.05) is 42.5 Å². The van der Waals surface area contributed by atoms with E-state index in [9.17, 15) is 5.26 Å². The highest BCUT2D eigenvalue weighted by atomic mass is 16.5. The number of nitriles is 1. The van der Waals surface area contributed by atoms with E-state index in [0.29, 0.717) is 24.1 Å². The molecule has 7 heteroatoms. The molecule has 0 saturated carbocycles. The molecule has 7 nitrogen and oxygen atoms in total. The number of anilines is 1. The third kappa shape index (κ3) is 4.43. The van der Waals surface area contributed by atoms with Gasteiger partial charge in [0.15, 0.2) is 0 Å². The van der Waals surface area contributed by atoms with Crippen LogP contribution in [-0.4, -0.2) is 24.4 Å². The van der Waals surface area contributed by atoms with E-state index in [0.717, 1.165) is 22.4 Å². The van der Waals surface area contributed by atoms with Crippen LogP contribution in [0.1, 0.15) is 23.1 Å². The van der Waals surface area contributed by atoms with E-state index >= 15 is 0 Å². The van der Waals surface area contributed by atoms with Crippen molar-refractivity contribution in [3.05, 3.63) is 59.5 Å². The molecular weight excluding hydrogens is 344 g/mol. The summed E-state index contributed by atoms with van der Waals surface area (Å²) < 4.78 is 15.5. The highest BCUT2D eigenvalue weighted by Crippen LogP contribution is 2.26. The van der Waals surface area contributed by atoms with Crippen molar-refractivity contribution in [2.45, 2.75) is 19.6 Å². The summed E-state index contributed by atoms with van der Waals surface area (Å²) in [5, 5.41) is 16.8. The molecule has 1 heterocycles. The monoisotopic (exact) mass is 364 g/mol. The zero-order valence-corrected chi connectivity index (χ0v) is 15.4.